The predicted octanol–water partition coefficient (Wildman–Crippen LogP) is 16.9. The zero-order chi connectivity index (χ0) is 64.9. The molecular formula is C67H77N11O7S6. The third-order valence-corrected chi connectivity index (χ3v) is 20.2. The first-order valence-corrected chi connectivity index (χ1v) is 35.4. The van der Waals surface area contributed by atoms with Gasteiger partial charge >= 0.3 is 0 Å². The van der Waals surface area contributed by atoms with E-state index in [1.165, 1.54) is 29.5 Å². The highest BCUT2D eigenvalue weighted by atomic mass is 32.2. The lowest BCUT2D eigenvalue weighted by atomic mass is 9.99. The number of benzene rings is 4. The molecule has 478 valence electrons. The topological polar surface area (TPSA) is 186 Å². The van der Waals surface area contributed by atoms with E-state index in [1.54, 1.807) is 69.0 Å². The fourth-order valence-corrected chi connectivity index (χ4v) is 14.8. The number of methoxy groups -OCH3 is 2. The average molecular weight is 1340 g/mol. The Morgan fingerprint density at radius 3 is 1.77 bits per heavy atom. The summed E-state index contributed by atoms with van der Waals surface area (Å²) in [4.78, 5) is 60.1. The molecule has 2 aliphatic heterocycles. The molecular weight excluding hydrogens is 1260 g/mol. The number of hydrogen-bond donors (Lipinski definition) is 0. The number of aryl methyl sites for hydroxylation is 2. The fraction of sp³-hybridized carbons (Fsp3) is 0.358. The molecule has 24 heteroatoms. The van der Waals surface area contributed by atoms with Gasteiger partial charge in [0.25, 0.3) is 11.8 Å². The Morgan fingerprint density at radius 2 is 1.26 bits per heavy atom. The number of imidazole rings is 2. The van der Waals surface area contributed by atoms with Gasteiger partial charge in [0.15, 0.2) is 5.16 Å². The molecule has 2 fully saturated rings. The predicted molar refractivity (Wildman–Crippen MR) is 373 cm³/mol. The molecule has 18 nitrogen and oxygen atoms in total. The minimum absolute atomic E-state index is 0.000563. The normalized spacial score (nSPS) is 14.3. The Kier molecular flexibility index (Phi) is 23.6. The van der Waals surface area contributed by atoms with Crippen molar-refractivity contribution in [1.29, 1.82) is 0 Å². The molecule has 13 rings (SSSR count). The van der Waals surface area contributed by atoms with Crippen LogP contribution in [0.3, 0.4) is 0 Å². The van der Waals surface area contributed by atoms with E-state index in [9.17, 15) is 9.59 Å². The van der Waals surface area contributed by atoms with Crippen molar-refractivity contribution in [2.24, 2.45) is 13.0 Å². The molecule has 2 aliphatic rings. The maximum Gasteiger partial charge on any atom is 0.253 e. The van der Waals surface area contributed by atoms with Gasteiger partial charge in [0.1, 0.15) is 72.6 Å². The number of carbonyl (C=O) groups is 2. The Morgan fingerprint density at radius 1 is 0.714 bits per heavy atom. The van der Waals surface area contributed by atoms with Gasteiger partial charge in [-0.2, -0.15) is 5.10 Å². The van der Waals surface area contributed by atoms with Gasteiger partial charge < -0.3 is 38.1 Å². The minimum Gasteiger partial charge on any atom is -0.497 e. The third kappa shape index (κ3) is 16.2. The molecule has 0 N–H and O–H groups in total. The number of likely N-dealkylation sites (N-methyl/N-ethyl adjacent to an activating group) is 1. The van der Waals surface area contributed by atoms with E-state index in [0.717, 1.165) is 126 Å². The van der Waals surface area contributed by atoms with Crippen LogP contribution in [-0.2, 0) is 25.0 Å². The van der Waals surface area contributed by atoms with Crippen LogP contribution in [0.4, 0.5) is 0 Å². The number of fused-ring (bicyclic) bond motifs is 3. The lowest BCUT2D eigenvalue weighted by Gasteiger charge is -2.31. The highest BCUT2D eigenvalue weighted by Gasteiger charge is 2.26. The van der Waals surface area contributed by atoms with Crippen molar-refractivity contribution in [3.05, 3.63) is 135 Å². The van der Waals surface area contributed by atoms with E-state index in [-0.39, 0.29) is 17.9 Å². The fourth-order valence-electron chi connectivity index (χ4n) is 9.91. The van der Waals surface area contributed by atoms with Crippen molar-refractivity contribution in [2.45, 2.75) is 106 Å². The molecule has 0 aliphatic carbocycles. The van der Waals surface area contributed by atoms with E-state index < -0.39 is 0 Å². The van der Waals surface area contributed by atoms with Gasteiger partial charge in [0.2, 0.25) is 4.96 Å². The number of thioether (sulfide) groups is 1. The molecule has 91 heavy (non-hydrogen) atoms. The maximum absolute atomic E-state index is 13.0. The lowest BCUT2D eigenvalue weighted by Crippen LogP contribution is -2.39. The van der Waals surface area contributed by atoms with Crippen LogP contribution in [0.2, 0.25) is 0 Å². The number of ether oxygens (including phenoxy) is 5. The molecule has 2 amide bonds. The highest BCUT2D eigenvalue weighted by Crippen LogP contribution is 2.42. The average Bonchev–Trinajstić information content (AvgIpc) is 1.81. The lowest BCUT2D eigenvalue weighted by molar-refractivity contribution is 0.0681. The summed E-state index contributed by atoms with van der Waals surface area (Å²) in [5.74, 6) is 3.37. The minimum atomic E-state index is 0.000563. The van der Waals surface area contributed by atoms with Crippen LogP contribution in [0, 0.1) is 12.8 Å². The van der Waals surface area contributed by atoms with Crippen LogP contribution in [0.25, 0.3) is 67.9 Å². The number of likely N-dealkylation sites (tertiary alicyclic amines) is 1. The van der Waals surface area contributed by atoms with Crippen LogP contribution in [-0.4, -0.2) is 119 Å². The second-order valence-corrected chi connectivity index (χ2v) is 26.9. The number of nitrogens with zero attached hydrogens (tertiary/aromatic N) is 11. The van der Waals surface area contributed by atoms with Gasteiger partial charge in [-0.25, -0.2) is 34.4 Å². The van der Waals surface area contributed by atoms with E-state index in [4.69, 9.17) is 53.6 Å². The first kappa shape index (κ1) is 67.8. The summed E-state index contributed by atoms with van der Waals surface area (Å²) in [5.41, 5.74) is 8.11. The molecule has 9 heterocycles. The van der Waals surface area contributed by atoms with Crippen LogP contribution in [0.1, 0.15) is 112 Å². The number of thiazole rings is 4. The van der Waals surface area contributed by atoms with Crippen molar-refractivity contribution < 1.29 is 33.3 Å². The monoisotopic (exact) mass is 1340 g/mol. The van der Waals surface area contributed by atoms with Crippen molar-refractivity contribution in [1.82, 2.24) is 53.9 Å². The summed E-state index contributed by atoms with van der Waals surface area (Å²) in [5, 5.41) is 13.6. The van der Waals surface area contributed by atoms with Crippen molar-refractivity contribution in [3.63, 3.8) is 0 Å². The largest absolute Gasteiger partial charge is 0.497 e. The third-order valence-electron chi connectivity index (χ3n) is 14.3. The first-order chi connectivity index (χ1) is 44.2. The number of allylic oxidation sites excluding steroid dienone is 1. The van der Waals surface area contributed by atoms with Crippen LogP contribution < -0.4 is 18.9 Å². The summed E-state index contributed by atoms with van der Waals surface area (Å²) in [6.45, 7) is 25.7. The van der Waals surface area contributed by atoms with E-state index in [0.29, 0.717) is 60.9 Å². The molecule has 2 saturated heterocycles. The second kappa shape index (κ2) is 31.6. The van der Waals surface area contributed by atoms with Crippen molar-refractivity contribution in [2.75, 3.05) is 47.6 Å². The highest BCUT2D eigenvalue weighted by molar-refractivity contribution is 8.02. The van der Waals surface area contributed by atoms with Gasteiger partial charge in [-0.05, 0) is 68.2 Å². The van der Waals surface area contributed by atoms with Crippen molar-refractivity contribution in [3.8, 4) is 65.5 Å². The summed E-state index contributed by atoms with van der Waals surface area (Å²) < 4.78 is 34.7. The van der Waals surface area contributed by atoms with Crippen LogP contribution in [0.5, 0.6) is 23.0 Å². The van der Waals surface area contributed by atoms with Crippen LogP contribution >= 0.6 is 68.4 Å². The number of rotatable bonds is 17. The quantitative estimate of drug-likeness (QED) is 0.0783. The van der Waals surface area contributed by atoms with E-state index >= 15 is 0 Å². The molecule has 7 aromatic heterocycles. The Bertz CT molecular complexity index is 4200. The second-order valence-electron chi connectivity index (χ2n) is 20.7. The SMILES string of the molecule is C=C(C)Sc1nc(-c2nc3cc(OC)cc(OCc4csc(-c5ccc(C(=O)N6CCC[C@H](C)C6)cc5)n4)c3s2)cn1C.CC.CC.CC.COc1cc(OCc2csc(-c3ccc(C(=O)N(C)C4CCOC4)cc3)n2)c2sc(-c3cn4nc(C)sc4n3)nc2c1. The summed E-state index contributed by atoms with van der Waals surface area (Å²) >= 11 is 9.25. The van der Waals surface area contributed by atoms with Gasteiger partial charge in [-0.1, -0.05) is 102 Å². The summed E-state index contributed by atoms with van der Waals surface area (Å²) in [6.07, 6.45) is 7.01. The molecule has 0 saturated carbocycles. The van der Waals surface area contributed by atoms with Gasteiger partial charge in [0.05, 0.1) is 64.9 Å². The van der Waals surface area contributed by atoms with Crippen molar-refractivity contribution >= 4 is 106 Å². The summed E-state index contributed by atoms with van der Waals surface area (Å²) in [6, 6.07) is 23.1. The molecule has 2 atom stereocenters. The molecule has 0 spiro atoms. The molecule has 4 aromatic carbocycles. The molecule has 0 bridgehead atoms. The zero-order valence-electron chi connectivity index (χ0n) is 53.7. The molecule has 1 unspecified atom stereocenters. The zero-order valence-corrected chi connectivity index (χ0v) is 58.6. The van der Waals surface area contributed by atoms with Crippen LogP contribution in [0.15, 0.2) is 113 Å². The number of amides is 2. The Hall–Kier alpha value is -7.58. The number of aromatic nitrogens is 9. The molecule has 0 radical (unpaired) electrons. The van der Waals surface area contributed by atoms with Gasteiger partial charge in [0, 0.05) is 97.3 Å². The standard InChI is InChI=1S/C32H33N5O3S3.C29H26N6O4S3.3C2H6/c1-19(2)42-32-35-26(16-36(32)4)30-34-25-13-24(39-5)14-27(28(25)43-30)40-17-23-18-41-29(33-23)21-8-10-22(11-9-21)31(38)37-12-6-7-20(3)15-37;1-16-33-35-12-23(32-29(35)41-16)27-31-22-10-21(37-3)11-24(25(22)42-27)39-13-19-15-40-26(30-19)17-4-6-18(7-5-17)28(36)34(2)20-8-9-38-14-20;3*1-2/h8-11,13-14,16,18,20H,1,6-7,12,15,17H2,2-5H3;4-7,10-12,15,20H,8-9,13-14H2,1-3H3;3*1-2H3/t20-;;;;/m0..../s1. The number of carbonyl (C=O) groups excluding carboxylic acids is 2. The Labute approximate surface area is 556 Å². The smallest absolute Gasteiger partial charge is 0.253 e. The van der Waals surface area contributed by atoms with Gasteiger partial charge in [-0.15, -0.1) is 45.3 Å². The molecule has 11 aromatic rings. The Balaban J connectivity index is 0.000000199. The number of piperidine rings is 1. The first-order valence-electron chi connectivity index (χ1n) is 30.4. The summed E-state index contributed by atoms with van der Waals surface area (Å²) in [7, 11) is 7.07. The van der Waals surface area contributed by atoms with Gasteiger partial charge in [-0.3, -0.25) is 9.59 Å². The van der Waals surface area contributed by atoms with E-state index in [2.05, 4.69) is 18.6 Å². The number of hydrogen-bond acceptors (Lipinski definition) is 20. The van der Waals surface area contributed by atoms with E-state index in [1.807, 2.05) is 175 Å². The maximum atomic E-state index is 13.0.